The fraction of sp³-hybridized carbons (Fsp3) is 0.310. The summed E-state index contributed by atoms with van der Waals surface area (Å²) in [5.74, 6) is 0.819. The van der Waals surface area contributed by atoms with Gasteiger partial charge in [-0.15, -0.1) is 23.5 Å². The number of carbonyl (C=O) groups is 2. The Hall–Kier alpha value is -2.70. The van der Waals surface area contributed by atoms with Crippen LogP contribution in [-0.4, -0.2) is 22.3 Å². The summed E-state index contributed by atoms with van der Waals surface area (Å²) in [7, 11) is 0. The van der Waals surface area contributed by atoms with Crippen molar-refractivity contribution in [3.63, 3.8) is 0 Å². The van der Waals surface area contributed by atoms with Crippen molar-refractivity contribution in [3.8, 4) is 0 Å². The molecule has 0 fully saturated rings. The van der Waals surface area contributed by atoms with Gasteiger partial charge in [-0.25, -0.2) is 0 Å². The van der Waals surface area contributed by atoms with Gasteiger partial charge in [0.1, 0.15) is 0 Å². The molecule has 6 heteroatoms. The highest BCUT2D eigenvalue weighted by Crippen LogP contribution is 2.72. The summed E-state index contributed by atoms with van der Waals surface area (Å²) in [6, 6.07) is 16.3. The van der Waals surface area contributed by atoms with Crippen molar-refractivity contribution in [1.29, 1.82) is 0 Å². The lowest BCUT2D eigenvalue weighted by Gasteiger charge is -2.52. The quantitative estimate of drug-likeness (QED) is 0.333. The molecule has 2 aromatic carbocycles. The zero-order valence-corrected chi connectivity index (χ0v) is 21.5. The number of nitrogens with one attached hydrogen (secondary N) is 2. The van der Waals surface area contributed by atoms with Crippen LogP contribution in [0.2, 0.25) is 0 Å². The van der Waals surface area contributed by atoms with Crippen LogP contribution in [0.5, 0.6) is 0 Å². The van der Waals surface area contributed by atoms with E-state index < -0.39 is 0 Å². The molecule has 4 aliphatic rings. The van der Waals surface area contributed by atoms with Crippen LogP contribution < -0.4 is 10.6 Å². The average molecular weight is 501 g/mol. The Balaban J connectivity index is 1.40. The molecule has 178 valence electrons. The van der Waals surface area contributed by atoms with E-state index in [1.54, 1.807) is 11.1 Å². The minimum Gasteiger partial charge on any atom is -0.329 e. The maximum atomic E-state index is 11.0. The van der Waals surface area contributed by atoms with Crippen LogP contribution in [0.3, 0.4) is 0 Å². The Morgan fingerprint density at radius 1 is 0.771 bits per heavy atom. The minimum absolute atomic E-state index is 0.00579. The van der Waals surface area contributed by atoms with E-state index in [4.69, 9.17) is 0 Å². The van der Waals surface area contributed by atoms with Crippen LogP contribution in [0, 0.1) is 11.8 Å². The first-order valence-electron chi connectivity index (χ1n) is 12.1. The fourth-order valence-corrected chi connectivity index (χ4v) is 9.83. The lowest BCUT2D eigenvalue weighted by molar-refractivity contribution is -0.106. The number of carbonyl (C=O) groups excluding carboxylic acids is 2. The van der Waals surface area contributed by atoms with Gasteiger partial charge in [0.25, 0.3) is 0 Å². The first kappa shape index (κ1) is 22.7. The molecule has 2 aromatic rings. The predicted octanol–water partition coefficient (Wildman–Crippen LogP) is 6.94. The normalized spacial score (nSPS) is 30.7. The van der Waals surface area contributed by atoms with Gasteiger partial charge in [0, 0.05) is 42.5 Å². The first-order chi connectivity index (χ1) is 17.0. The van der Waals surface area contributed by atoms with Gasteiger partial charge in [0.2, 0.25) is 12.8 Å². The highest BCUT2D eigenvalue weighted by atomic mass is 32.2. The van der Waals surface area contributed by atoms with Gasteiger partial charge in [-0.3, -0.25) is 9.59 Å². The third-order valence-electron chi connectivity index (χ3n) is 8.25. The molecule has 4 unspecified atom stereocenters. The van der Waals surface area contributed by atoms with Gasteiger partial charge < -0.3 is 10.6 Å². The van der Waals surface area contributed by atoms with Crippen LogP contribution in [0.15, 0.2) is 71.8 Å². The summed E-state index contributed by atoms with van der Waals surface area (Å²) in [6.45, 7) is 4.92. The van der Waals surface area contributed by atoms with Crippen molar-refractivity contribution in [2.24, 2.45) is 11.8 Å². The van der Waals surface area contributed by atoms with Gasteiger partial charge in [-0.1, -0.05) is 47.6 Å². The smallest absolute Gasteiger partial charge is 0.211 e. The number of rotatable bonds is 6. The molecule has 0 spiro atoms. The summed E-state index contributed by atoms with van der Waals surface area (Å²) in [5, 5.41) is 5.59. The Kier molecular flexibility index (Phi) is 5.49. The van der Waals surface area contributed by atoms with E-state index in [9.17, 15) is 9.59 Å². The zero-order chi connectivity index (χ0) is 24.2. The molecule has 4 atom stereocenters. The molecule has 2 N–H and O–H groups in total. The molecule has 0 radical (unpaired) electrons. The van der Waals surface area contributed by atoms with E-state index in [2.05, 4.69) is 60.9 Å². The molecule has 0 saturated carbocycles. The summed E-state index contributed by atoms with van der Waals surface area (Å²) in [4.78, 5) is 24.6. The maximum Gasteiger partial charge on any atom is 0.211 e. The van der Waals surface area contributed by atoms with Crippen LogP contribution in [0.4, 0.5) is 11.4 Å². The second kappa shape index (κ2) is 8.45. The maximum absolute atomic E-state index is 11.0. The molecular weight excluding hydrogens is 472 g/mol. The molecule has 2 heterocycles. The molecule has 0 aromatic heterocycles. The van der Waals surface area contributed by atoms with Crippen molar-refractivity contribution in [1.82, 2.24) is 0 Å². The van der Waals surface area contributed by atoms with Crippen LogP contribution in [0.1, 0.15) is 44.2 Å². The number of allylic oxidation sites excluding steroid dienone is 4. The Morgan fingerprint density at radius 3 is 1.66 bits per heavy atom. The number of hydrogen-bond donors (Lipinski definition) is 2. The topological polar surface area (TPSA) is 58.2 Å². The predicted molar refractivity (Wildman–Crippen MR) is 148 cm³/mol. The summed E-state index contributed by atoms with van der Waals surface area (Å²) >= 11 is 4.02. The molecule has 2 aliphatic heterocycles. The number of hydrogen-bond acceptors (Lipinski definition) is 4. The van der Waals surface area contributed by atoms with Crippen LogP contribution in [-0.2, 0) is 9.59 Å². The highest BCUT2D eigenvalue weighted by molar-refractivity contribution is 8.13. The monoisotopic (exact) mass is 500 g/mol. The SMILES string of the molecule is CC12SC(c3cccc(NC=O)c3)=CC1C1=C(CCC1)C1C=C(c3cccc(NC=O)c3)SC12C. The van der Waals surface area contributed by atoms with E-state index >= 15 is 0 Å². The van der Waals surface area contributed by atoms with Crippen molar-refractivity contribution in [3.05, 3.63) is 83.0 Å². The molecule has 2 amide bonds. The lowest BCUT2D eigenvalue weighted by Crippen LogP contribution is -2.54. The van der Waals surface area contributed by atoms with Crippen molar-refractivity contribution in [2.75, 3.05) is 10.6 Å². The minimum atomic E-state index is 0.00579. The standard InChI is InChI=1S/C29H28N2O2S2/c1-28-24(14-26(34-28)18-6-3-8-20(12-18)30-16-32)22-10-5-11-23(22)25-15-27(35-29(25,28)2)19-7-4-9-21(13-19)31-17-33/h3-4,6-9,12-17,24-25H,5,10-11H2,1-2H3,(H,30,32)(H,31,33). The zero-order valence-electron chi connectivity index (χ0n) is 19.8. The third-order valence-corrected chi connectivity index (χ3v) is 11.8. The number of amides is 2. The number of fused-ring (bicyclic) bond motifs is 5. The van der Waals surface area contributed by atoms with E-state index in [0.717, 1.165) is 24.2 Å². The van der Waals surface area contributed by atoms with E-state index in [1.807, 2.05) is 47.8 Å². The first-order valence-corrected chi connectivity index (χ1v) is 13.7. The average Bonchev–Trinajstić information content (AvgIpc) is 3.56. The molecule has 35 heavy (non-hydrogen) atoms. The van der Waals surface area contributed by atoms with E-state index in [1.165, 1.54) is 40.2 Å². The second-order valence-electron chi connectivity index (χ2n) is 10.0. The number of benzene rings is 2. The van der Waals surface area contributed by atoms with Gasteiger partial charge in [0.05, 0.1) is 0 Å². The van der Waals surface area contributed by atoms with Gasteiger partial charge >= 0.3 is 0 Å². The Morgan fingerprint density at radius 2 is 1.23 bits per heavy atom. The van der Waals surface area contributed by atoms with Crippen molar-refractivity contribution >= 4 is 57.5 Å². The second-order valence-corrected chi connectivity index (χ2v) is 13.0. The van der Waals surface area contributed by atoms with Gasteiger partial charge in [0.15, 0.2) is 0 Å². The van der Waals surface area contributed by atoms with Crippen LogP contribution in [0.25, 0.3) is 9.81 Å². The summed E-state index contributed by atoms with van der Waals surface area (Å²) in [6.07, 6.45) is 10.1. The van der Waals surface area contributed by atoms with E-state index in [0.29, 0.717) is 11.8 Å². The number of anilines is 2. The van der Waals surface area contributed by atoms with Gasteiger partial charge in [-0.2, -0.15) is 0 Å². The van der Waals surface area contributed by atoms with Gasteiger partial charge in [-0.05, 0) is 68.5 Å². The molecule has 4 nitrogen and oxygen atoms in total. The Labute approximate surface area is 214 Å². The summed E-state index contributed by atoms with van der Waals surface area (Å²) in [5.41, 5.74) is 7.28. The van der Waals surface area contributed by atoms with Crippen LogP contribution >= 0.6 is 23.5 Å². The van der Waals surface area contributed by atoms with Crippen molar-refractivity contribution in [2.45, 2.75) is 42.6 Å². The third kappa shape index (κ3) is 3.45. The molecular formula is C29H28N2O2S2. The molecule has 6 rings (SSSR count). The highest BCUT2D eigenvalue weighted by Gasteiger charge is 2.63. The van der Waals surface area contributed by atoms with E-state index in [-0.39, 0.29) is 9.49 Å². The molecule has 2 aliphatic carbocycles. The number of thioether (sulfide) groups is 2. The largest absolute Gasteiger partial charge is 0.329 e. The molecule has 0 saturated heterocycles. The summed E-state index contributed by atoms with van der Waals surface area (Å²) < 4.78 is 0.0116. The molecule has 0 bridgehead atoms. The Bertz CT molecular complexity index is 1230. The lowest BCUT2D eigenvalue weighted by atomic mass is 9.64. The fourth-order valence-electron chi connectivity index (χ4n) is 6.43. The van der Waals surface area contributed by atoms with Crippen molar-refractivity contribution < 1.29 is 9.59 Å².